The largest absolute Gasteiger partial charge is 0.327 e. The summed E-state index contributed by atoms with van der Waals surface area (Å²) in [5.74, 6) is -1.66. The number of hydrogen-bond donors (Lipinski definition) is 2. The van der Waals surface area contributed by atoms with Crippen LogP contribution < -0.4 is 15.2 Å². The van der Waals surface area contributed by atoms with Gasteiger partial charge in [0.2, 0.25) is 0 Å². The number of aromatic nitrogens is 1. The number of benzene rings is 2. The van der Waals surface area contributed by atoms with Crippen molar-refractivity contribution in [2.75, 3.05) is 9.62 Å². The van der Waals surface area contributed by atoms with E-state index in [4.69, 9.17) is 11.6 Å². The summed E-state index contributed by atoms with van der Waals surface area (Å²) in [6, 6.07) is 11.8. The Bertz CT molecular complexity index is 1450. The normalized spacial score (nSPS) is 13.9. The minimum absolute atomic E-state index is 0.00710. The second-order valence-electron chi connectivity index (χ2n) is 8.56. The van der Waals surface area contributed by atoms with Gasteiger partial charge < -0.3 is 4.98 Å². The van der Waals surface area contributed by atoms with E-state index in [2.05, 4.69) is 9.71 Å². The van der Waals surface area contributed by atoms with Gasteiger partial charge in [0.15, 0.2) is 0 Å². The van der Waals surface area contributed by atoms with Crippen LogP contribution in [0.1, 0.15) is 47.1 Å². The number of anilines is 2. The van der Waals surface area contributed by atoms with E-state index in [0.717, 1.165) is 5.56 Å². The standard InChI is InChI=1S/C23H20ClN3O5S/c1-23(2,3)13-6-8-14(9-7-13)33(31,32)26-16-11-10-15(24)18-19(16)22(30)27(21(18)29)17-5-4-12-25-20(17)28/h4-12,26H,1-3H3,(H,25,28). The molecule has 0 radical (unpaired) electrons. The van der Waals surface area contributed by atoms with E-state index < -0.39 is 27.4 Å². The van der Waals surface area contributed by atoms with Gasteiger partial charge >= 0.3 is 0 Å². The van der Waals surface area contributed by atoms with Crippen LogP contribution in [-0.2, 0) is 15.4 Å². The highest BCUT2D eigenvalue weighted by atomic mass is 35.5. The Morgan fingerprint density at radius 1 is 0.909 bits per heavy atom. The average Bonchev–Trinajstić information content (AvgIpc) is 3.01. The number of imide groups is 1. The molecular weight excluding hydrogens is 466 g/mol. The molecule has 0 spiro atoms. The first-order valence-electron chi connectivity index (χ1n) is 9.94. The van der Waals surface area contributed by atoms with Gasteiger partial charge in [-0.05, 0) is 47.4 Å². The molecule has 1 aromatic heterocycles. The molecule has 0 fully saturated rings. The molecule has 2 heterocycles. The molecule has 1 aliphatic rings. The number of halogens is 1. The van der Waals surface area contributed by atoms with Crippen molar-refractivity contribution in [2.45, 2.75) is 31.1 Å². The van der Waals surface area contributed by atoms with Crippen LogP contribution in [0.3, 0.4) is 0 Å². The highest BCUT2D eigenvalue weighted by molar-refractivity contribution is 7.92. The number of carbonyl (C=O) groups excluding carboxylic acids is 2. The smallest absolute Gasteiger partial charge is 0.272 e. The van der Waals surface area contributed by atoms with Gasteiger partial charge in [-0.1, -0.05) is 44.5 Å². The molecule has 1 aliphatic heterocycles. The van der Waals surface area contributed by atoms with E-state index in [1.165, 1.54) is 42.6 Å². The summed E-state index contributed by atoms with van der Waals surface area (Å²) >= 11 is 6.18. The third-order valence-electron chi connectivity index (χ3n) is 5.30. The molecule has 0 unspecified atom stereocenters. The molecular formula is C23H20ClN3O5S. The van der Waals surface area contributed by atoms with Gasteiger partial charge in [0.1, 0.15) is 5.69 Å². The van der Waals surface area contributed by atoms with E-state index in [0.29, 0.717) is 4.90 Å². The van der Waals surface area contributed by atoms with Gasteiger partial charge in [-0.2, -0.15) is 0 Å². The van der Waals surface area contributed by atoms with Crippen molar-refractivity contribution < 1.29 is 18.0 Å². The van der Waals surface area contributed by atoms with Gasteiger partial charge in [0.05, 0.1) is 26.7 Å². The molecule has 0 bridgehead atoms. The second-order valence-corrected chi connectivity index (χ2v) is 10.6. The number of aromatic amines is 1. The highest BCUT2D eigenvalue weighted by Crippen LogP contribution is 2.37. The van der Waals surface area contributed by atoms with Crippen molar-refractivity contribution >= 4 is 44.8 Å². The Hall–Kier alpha value is -3.43. The van der Waals surface area contributed by atoms with E-state index in [-0.39, 0.29) is 37.8 Å². The summed E-state index contributed by atoms with van der Waals surface area (Å²) in [4.78, 5) is 41.4. The minimum Gasteiger partial charge on any atom is -0.327 e. The molecule has 4 rings (SSSR count). The molecule has 3 aromatic rings. The quantitative estimate of drug-likeness (QED) is 0.543. The molecule has 2 aromatic carbocycles. The fourth-order valence-electron chi connectivity index (χ4n) is 3.55. The molecule has 2 N–H and O–H groups in total. The molecule has 0 aliphatic carbocycles. The second kappa shape index (κ2) is 7.86. The Balaban J connectivity index is 1.76. The van der Waals surface area contributed by atoms with Crippen LogP contribution in [0.2, 0.25) is 5.02 Å². The number of pyridine rings is 1. The summed E-state index contributed by atoms with van der Waals surface area (Å²) in [6.07, 6.45) is 1.36. The number of nitrogens with one attached hydrogen (secondary N) is 2. The first-order valence-corrected chi connectivity index (χ1v) is 11.8. The van der Waals surface area contributed by atoms with Gasteiger partial charge in [0.25, 0.3) is 27.4 Å². The van der Waals surface area contributed by atoms with Crippen LogP contribution in [0.5, 0.6) is 0 Å². The van der Waals surface area contributed by atoms with Crippen LogP contribution in [0.15, 0.2) is 64.4 Å². The van der Waals surface area contributed by atoms with Gasteiger partial charge in [-0.15, -0.1) is 0 Å². The SMILES string of the molecule is CC(C)(C)c1ccc(S(=O)(=O)Nc2ccc(Cl)c3c2C(=O)N(c2ccc[nH]c2=O)C3=O)cc1. The number of carbonyl (C=O) groups is 2. The van der Waals surface area contributed by atoms with Crippen LogP contribution in [0.4, 0.5) is 11.4 Å². The molecule has 33 heavy (non-hydrogen) atoms. The minimum atomic E-state index is -4.08. The summed E-state index contributed by atoms with van der Waals surface area (Å²) < 4.78 is 28.5. The van der Waals surface area contributed by atoms with Crippen molar-refractivity contribution in [2.24, 2.45) is 0 Å². The molecule has 10 heteroatoms. The van der Waals surface area contributed by atoms with Gasteiger partial charge in [-0.3, -0.25) is 19.1 Å². The molecule has 0 atom stereocenters. The Morgan fingerprint density at radius 3 is 2.15 bits per heavy atom. The van der Waals surface area contributed by atoms with E-state index in [1.807, 2.05) is 20.8 Å². The number of nitrogens with zero attached hydrogens (tertiary/aromatic N) is 1. The summed E-state index contributed by atoms with van der Waals surface area (Å²) in [7, 11) is -4.08. The van der Waals surface area contributed by atoms with Crippen molar-refractivity contribution in [3.63, 3.8) is 0 Å². The average molecular weight is 486 g/mol. The molecule has 0 saturated carbocycles. The maximum absolute atomic E-state index is 13.2. The third kappa shape index (κ3) is 3.94. The fourth-order valence-corrected chi connectivity index (χ4v) is 4.86. The number of fused-ring (bicyclic) bond motifs is 1. The maximum atomic E-state index is 13.2. The monoisotopic (exact) mass is 485 g/mol. The Labute approximate surface area is 195 Å². The lowest BCUT2D eigenvalue weighted by molar-refractivity contribution is 0.0926. The molecule has 8 nitrogen and oxygen atoms in total. The Morgan fingerprint density at radius 2 is 1.55 bits per heavy atom. The summed E-state index contributed by atoms with van der Waals surface area (Å²) in [5, 5.41) is -0.0318. The predicted molar refractivity (Wildman–Crippen MR) is 126 cm³/mol. The zero-order valence-electron chi connectivity index (χ0n) is 18.0. The Kier molecular flexibility index (Phi) is 5.42. The summed E-state index contributed by atoms with van der Waals surface area (Å²) in [5.41, 5.74) is -0.534. The van der Waals surface area contributed by atoms with Crippen LogP contribution in [0.25, 0.3) is 0 Å². The molecule has 170 valence electrons. The van der Waals surface area contributed by atoms with Crippen molar-refractivity contribution in [3.05, 3.63) is 86.8 Å². The third-order valence-corrected chi connectivity index (χ3v) is 7.00. The maximum Gasteiger partial charge on any atom is 0.272 e. The fraction of sp³-hybridized carbons (Fsp3) is 0.174. The van der Waals surface area contributed by atoms with Crippen LogP contribution >= 0.6 is 11.6 Å². The van der Waals surface area contributed by atoms with E-state index in [1.54, 1.807) is 12.1 Å². The number of sulfonamides is 1. The molecule has 2 amide bonds. The first-order chi connectivity index (χ1) is 15.4. The van der Waals surface area contributed by atoms with Crippen LogP contribution in [-0.4, -0.2) is 25.2 Å². The van der Waals surface area contributed by atoms with Crippen molar-refractivity contribution in [3.8, 4) is 0 Å². The number of amides is 2. The van der Waals surface area contributed by atoms with E-state index >= 15 is 0 Å². The highest BCUT2D eigenvalue weighted by Gasteiger charge is 2.42. The van der Waals surface area contributed by atoms with Crippen LogP contribution in [0, 0.1) is 0 Å². The lowest BCUT2D eigenvalue weighted by atomic mass is 9.87. The topological polar surface area (TPSA) is 116 Å². The number of rotatable bonds is 4. The lowest BCUT2D eigenvalue weighted by Crippen LogP contribution is -2.34. The number of H-pyrrole nitrogens is 1. The van der Waals surface area contributed by atoms with Gasteiger partial charge in [0, 0.05) is 6.20 Å². The van der Waals surface area contributed by atoms with Crippen molar-refractivity contribution in [1.82, 2.24) is 4.98 Å². The summed E-state index contributed by atoms with van der Waals surface area (Å²) in [6.45, 7) is 6.04. The first kappa shape index (κ1) is 22.8. The lowest BCUT2D eigenvalue weighted by Gasteiger charge is -2.19. The van der Waals surface area contributed by atoms with Gasteiger partial charge in [-0.25, -0.2) is 13.3 Å². The zero-order valence-corrected chi connectivity index (χ0v) is 19.5. The predicted octanol–water partition coefficient (Wildman–Crippen LogP) is 3.93. The number of hydrogen-bond acceptors (Lipinski definition) is 5. The van der Waals surface area contributed by atoms with E-state index in [9.17, 15) is 22.8 Å². The van der Waals surface area contributed by atoms with Crippen molar-refractivity contribution in [1.29, 1.82) is 0 Å². The zero-order chi connectivity index (χ0) is 24.1. The molecule has 0 saturated heterocycles.